The number of nitrogen functional groups attached to an aromatic ring is 1. The maximum Gasteiger partial charge on any atom is 0.255 e. The summed E-state index contributed by atoms with van der Waals surface area (Å²) in [5.41, 5.74) is 7.45. The molecule has 0 radical (unpaired) electrons. The van der Waals surface area contributed by atoms with Gasteiger partial charge in [0.05, 0.1) is 6.61 Å². The highest BCUT2D eigenvalue weighted by Gasteiger charge is 2.09. The minimum atomic E-state index is -0.226. The molecule has 0 fully saturated rings. The van der Waals surface area contributed by atoms with Crippen LogP contribution in [0.5, 0.6) is 5.75 Å². The summed E-state index contributed by atoms with van der Waals surface area (Å²) < 4.78 is 6.28. The Hall–Kier alpha value is -2.01. The molecule has 2 aromatic rings. The van der Waals surface area contributed by atoms with Crippen molar-refractivity contribution in [3.8, 4) is 5.75 Å². The number of rotatable bonds is 4. The van der Waals surface area contributed by atoms with Gasteiger partial charge in [0.1, 0.15) is 5.75 Å². The number of halogens is 1. The van der Waals surface area contributed by atoms with Gasteiger partial charge in [0.25, 0.3) is 5.91 Å². The van der Waals surface area contributed by atoms with Gasteiger partial charge >= 0.3 is 0 Å². The molecule has 3 N–H and O–H groups in total. The lowest BCUT2D eigenvalue weighted by Gasteiger charge is -2.09. The van der Waals surface area contributed by atoms with Crippen LogP contribution in [0.3, 0.4) is 0 Å². The molecule has 20 heavy (non-hydrogen) atoms. The maximum absolute atomic E-state index is 12.2. The molecule has 2 aromatic carbocycles. The summed E-state index contributed by atoms with van der Waals surface area (Å²) in [6, 6.07) is 12.4. The molecule has 104 valence electrons. The van der Waals surface area contributed by atoms with Gasteiger partial charge in [-0.2, -0.15) is 0 Å². The van der Waals surface area contributed by atoms with Crippen molar-refractivity contribution in [2.24, 2.45) is 0 Å². The van der Waals surface area contributed by atoms with Crippen molar-refractivity contribution in [3.05, 3.63) is 52.5 Å². The zero-order chi connectivity index (χ0) is 14.5. The third-order valence-corrected chi connectivity index (χ3v) is 3.08. The standard InChI is InChI=1S/C15H15BrN2O2/c1-2-20-14-7-10(6-12(17)9-14)15(19)18-13-5-3-4-11(16)8-13/h3-9H,2,17H2,1H3,(H,18,19). The molecule has 0 atom stereocenters. The highest BCUT2D eigenvalue weighted by molar-refractivity contribution is 9.10. The van der Waals surface area contributed by atoms with E-state index in [0.717, 1.165) is 4.47 Å². The average molecular weight is 335 g/mol. The molecule has 0 saturated heterocycles. The first-order valence-electron chi connectivity index (χ1n) is 6.19. The minimum Gasteiger partial charge on any atom is -0.494 e. The highest BCUT2D eigenvalue weighted by atomic mass is 79.9. The summed E-state index contributed by atoms with van der Waals surface area (Å²) in [7, 11) is 0. The first-order valence-corrected chi connectivity index (χ1v) is 6.98. The Morgan fingerprint density at radius 1 is 1.30 bits per heavy atom. The van der Waals surface area contributed by atoms with Gasteiger partial charge in [-0.15, -0.1) is 0 Å². The summed E-state index contributed by atoms with van der Waals surface area (Å²) in [6.45, 7) is 2.40. The van der Waals surface area contributed by atoms with Crippen molar-refractivity contribution < 1.29 is 9.53 Å². The summed E-state index contributed by atoms with van der Waals surface area (Å²) >= 11 is 3.36. The van der Waals surface area contributed by atoms with Gasteiger partial charge in [0.15, 0.2) is 0 Å². The van der Waals surface area contributed by atoms with Crippen molar-refractivity contribution in [3.63, 3.8) is 0 Å². The van der Waals surface area contributed by atoms with E-state index in [2.05, 4.69) is 21.2 Å². The van der Waals surface area contributed by atoms with Crippen LogP contribution < -0.4 is 15.8 Å². The fraction of sp³-hybridized carbons (Fsp3) is 0.133. The van der Waals surface area contributed by atoms with Crippen molar-refractivity contribution >= 4 is 33.2 Å². The largest absolute Gasteiger partial charge is 0.494 e. The number of benzene rings is 2. The molecule has 4 nitrogen and oxygen atoms in total. The van der Waals surface area contributed by atoms with Gasteiger partial charge in [0, 0.05) is 27.5 Å². The Kier molecular flexibility index (Phi) is 4.63. The third kappa shape index (κ3) is 3.74. The summed E-state index contributed by atoms with van der Waals surface area (Å²) in [5.74, 6) is 0.364. The quantitative estimate of drug-likeness (QED) is 0.838. The Labute approximate surface area is 126 Å². The maximum atomic E-state index is 12.2. The van der Waals surface area contributed by atoms with Crippen LogP contribution in [0.1, 0.15) is 17.3 Å². The molecule has 5 heteroatoms. The molecule has 0 spiro atoms. The topological polar surface area (TPSA) is 64.3 Å². The van der Waals surface area contributed by atoms with E-state index in [0.29, 0.717) is 29.3 Å². The highest BCUT2D eigenvalue weighted by Crippen LogP contribution is 2.21. The Morgan fingerprint density at radius 2 is 2.10 bits per heavy atom. The van der Waals surface area contributed by atoms with E-state index in [4.69, 9.17) is 10.5 Å². The van der Waals surface area contributed by atoms with Crippen LogP contribution in [-0.2, 0) is 0 Å². The zero-order valence-electron chi connectivity index (χ0n) is 11.0. The molecular weight excluding hydrogens is 320 g/mol. The van der Waals surface area contributed by atoms with Gasteiger partial charge < -0.3 is 15.8 Å². The predicted molar refractivity (Wildman–Crippen MR) is 84.1 cm³/mol. The second-order valence-electron chi connectivity index (χ2n) is 4.19. The van der Waals surface area contributed by atoms with Crippen LogP contribution in [0.2, 0.25) is 0 Å². The van der Waals surface area contributed by atoms with Crippen molar-refractivity contribution in [1.29, 1.82) is 0 Å². The zero-order valence-corrected chi connectivity index (χ0v) is 12.6. The molecule has 0 heterocycles. The Morgan fingerprint density at radius 3 is 2.80 bits per heavy atom. The number of nitrogens with two attached hydrogens (primary N) is 1. The van der Waals surface area contributed by atoms with Gasteiger partial charge in [-0.25, -0.2) is 0 Å². The second-order valence-corrected chi connectivity index (χ2v) is 5.10. The van der Waals surface area contributed by atoms with Crippen LogP contribution in [0.25, 0.3) is 0 Å². The number of carbonyl (C=O) groups excluding carboxylic acids is 1. The minimum absolute atomic E-state index is 0.226. The number of nitrogens with one attached hydrogen (secondary N) is 1. The van der Waals surface area contributed by atoms with Crippen LogP contribution in [0.4, 0.5) is 11.4 Å². The molecule has 0 aromatic heterocycles. The SMILES string of the molecule is CCOc1cc(N)cc(C(=O)Nc2cccc(Br)c2)c1. The van der Waals surface area contributed by atoms with Crippen LogP contribution in [-0.4, -0.2) is 12.5 Å². The summed E-state index contributed by atoms with van der Waals surface area (Å²) in [5, 5.41) is 2.82. The van der Waals surface area contributed by atoms with E-state index in [-0.39, 0.29) is 5.91 Å². The van der Waals surface area contributed by atoms with Gasteiger partial charge in [-0.05, 0) is 37.3 Å². The predicted octanol–water partition coefficient (Wildman–Crippen LogP) is 3.68. The smallest absolute Gasteiger partial charge is 0.255 e. The Balaban J connectivity index is 2.20. The van der Waals surface area contributed by atoms with E-state index in [1.54, 1.807) is 18.2 Å². The Bertz CT molecular complexity index is 629. The van der Waals surface area contributed by atoms with Gasteiger partial charge in [-0.1, -0.05) is 22.0 Å². The molecule has 2 rings (SSSR count). The van der Waals surface area contributed by atoms with E-state index >= 15 is 0 Å². The van der Waals surface area contributed by atoms with E-state index in [9.17, 15) is 4.79 Å². The second kappa shape index (κ2) is 6.43. The lowest BCUT2D eigenvalue weighted by molar-refractivity contribution is 0.102. The number of ether oxygens (including phenoxy) is 1. The van der Waals surface area contributed by atoms with Gasteiger partial charge in [0.2, 0.25) is 0 Å². The number of hydrogen-bond donors (Lipinski definition) is 2. The van der Waals surface area contributed by atoms with Crippen molar-refractivity contribution in [2.45, 2.75) is 6.92 Å². The molecular formula is C15H15BrN2O2. The molecule has 0 aliphatic carbocycles. The molecule has 0 unspecified atom stereocenters. The first-order chi connectivity index (χ1) is 9.58. The number of amides is 1. The molecule has 0 saturated carbocycles. The monoisotopic (exact) mass is 334 g/mol. The van der Waals surface area contributed by atoms with Crippen LogP contribution in [0.15, 0.2) is 46.9 Å². The molecule has 0 aliphatic rings. The van der Waals surface area contributed by atoms with E-state index < -0.39 is 0 Å². The van der Waals surface area contributed by atoms with Crippen molar-refractivity contribution in [2.75, 3.05) is 17.7 Å². The first kappa shape index (κ1) is 14.4. The average Bonchev–Trinajstić information content (AvgIpc) is 2.38. The van der Waals surface area contributed by atoms with E-state index in [1.165, 1.54) is 0 Å². The van der Waals surface area contributed by atoms with E-state index in [1.807, 2.05) is 31.2 Å². The fourth-order valence-electron chi connectivity index (χ4n) is 1.77. The summed E-state index contributed by atoms with van der Waals surface area (Å²) in [6.07, 6.45) is 0. The molecule has 1 amide bonds. The van der Waals surface area contributed by atoms with Crippen LogP contribution >= 0.6 is 15.9 Å². The molecule has 0 aliphatic heterocycles. The van der Waals surface area contributed by atoms with Crippen molar-refractivity contribution in [1.82, 2.24) is 0 Å². The summed E-state index contributed by atoms with van der Waals surface area (Å²) in [4.78, 5) is 12.2. The lowest BCUT2D eigenvalue weighted by atomic mass is 10.1. The normalized spacial score (nSPS) is 10.1. The third-order valence-electron chi connectivity index (χ3n) is 2.58. The fourth-order valence-corrected chi connectivity index (χ4v) is 2.17. The van der Waals surface area contributed by atoms with Crippen LogP contribution in [0, 0.1) is 0 Å². The lowest BCUT2D eigenvalue weighted by Crippen LogP contribution is -2.12. The molecule has 0 bridgehead atoms. The number of carbonyl (C=O) groups is 1. The van der Waals surface area contributed by atoms with Gasteiger partial charge in [-0.3, -0.25) is 4.79 Å². The number of hydrogen-bond acceptors (Lipinski definition) is 3. The number of anilines is 2.